The Morgan fingerprint density at radius 2 is 1.02 bits per heavy atom. The van der Waals surface area contributed by atoms with Gasteiger partial charge in [0.15, 0.2) is 0 Å². The van der Waals surface area contributed by atoms with Crippen molar-refractivity contribution in [1.29, 1.82) is 0 Å². The van der Waals surface area contributed by atoms with E-state index >= 15 is 4.79 Å². The summed E-state index contributed by atoms with van der Waals surface area (Å²) in [5, 5.41) is 15.4. The minimum atomic E-state index is -1.12. The number of fused-ring (bicyclic) bond motifs is 2. The van der Waals surface area contributed by atoms with Crippen molar-refractivity contribution in [3.05, 3.63) is 106 Å². The molecule has 0 spiro atoms. The lowest BCUT2D eigenvalue weighted by atomic mass is 9.85. The van der Waals surface area contributed by atoms with Crippen LogP contribution in [0.2, 0.25) is 0 Å². The van der Waals surface area contributed by atoms with Gasteiger partial charge in [-0.25, -0.2) is 9.59 Å². The molecule has 5 N–H and O–H groups in total. The topological polar surface area (TPSA) is 225 Å². The molecule has 0 radical (unpaired) electrons. The third-order valence-electron chi connectivity index (χ3n) is 15.9. The van der Waals surface area contributed by atoms with Gasteiger partial charge in [0, 0.05) is 33.0 Å². The number of ether oxygens (including phenoxy) is 2. The van der Waals surface area contributed by atoms with Gasteiger partial charge < -0.3 is 41.0 Å². The predicted molar refractivity (Wildman–Crippen MR) is 315 cm³/mol. The van der Waals surface area contributed by atoms with Crippen LogP contribution in [0.25, 0.3) is 0 Å². The monoisotopic (exact) mass is 1130 g/mol. The molecule has 0 bridgehead atoms. The molecule has 0 unspecified atom stereocenters. The molecule has 1 saturated heterocycles. The van der Waals surface area contributed by atoms with Crippen molar-refractivity contribution >= 4 is 47.6 Å². The molecule has 2 aliphatic carbocycles. The Kier molecular flexibility index (Phi) is 20.4. The fourth-order valence-corrected chi connectivity index (χ4v) is 10.9. The van der Waals surface area contributed by atoms with Gasteiger partial charge in [0.05, 0.1) is 12.1 Å². The average Bonchev–Trinajstić information content (AvgIpc) is 3.87. The van der Waals surface area contributed by atoms with E-state index in [0.29, 0.717) is 6.42 Å². The zero-order chi connectivity index (χ0) is 60.8. The van der Waals surface area contributed by atoms with Crippen molar-refractivity contribution in [3.8, 4) is 0 Å². The molecule has 3 aromatic rings. The van der Waals surface area contributed by atoms with Gasteiger partial charge in [-0.3, -0.25) is 38.6 Å². The maximum Gasteiger partial charge on any atom is 0.410 e. The van der Waals surface area contributed by atoms with Crippen LogP contribution < -0.4 is 26.6 Å². The van der Waals surface area contributed by atoms with Gasteiger partial charge in [-0.1, -0.05) is 114 Å². The van der Waals surface area contributed by atoms with Crippen molar-refractivity contribution in [1.82, 2.24) is 41.3 Å². The minimum absolute atomic E-state index is 0.0759. The minimum Gasteiger partial charge on any atom is -0.444 e. The molecule has 8 amide bonds. The zero-order valence-corrected chi connectivity index (χ0v) is 51.4. The van der Waals surface area contributed by atoms with Crippen LogP contribution in [0.4, 0.5) is 9.59 Å². The number of hydrogen-bond donors (Lipinski definition) is 5. The van der Waals surface area contributed by atoms with Crippen LogP contribution in [-0.2, 0) is 57.5 Å². The number of hydrogen-bond acceptors (Lipinski definition) is 10. The van der Waals surface area contributed by atoms with Crippen LogP contribution in [0.15, 0.2) is 72.8 Å². The first-order chi connectivity index (χ1) is 38.1. The van der Waals surface area contributed by atoms with E-state index in [4.69, 9.17) is 9.47 Å². The molecule has 1 aliphatic heterocycles. The van der Waals surface area contributed by atoms with Crippen LogP contribution in [0.1, 0.15) is 180 Å². The maximum absolute atomic E-state index is 15.2. The largest absolute Gasteiger partial charge is 0.444 e. The third kappa shape index (κ3) is 16.6. The summed E-state index contributed by atoms with van der Waals surface area (Å²) in [6.45, 7) is 24.6. The van der Waals surface area contributed by atoms with Crippen LogP contribution in [-0.4, -0.2) is 130 Å². The molecule has 3 aliphatic rings. The van der Waals surface area contributed by atoms with Crippen LogP contribution >= 0.6 is 0 Å². The number of likely N-dealkylation sites (tertiary alicyclic amines) is 1. The Labute approximate surface area is 486 Å². The highest BCUT2D eigenvalue weighted by molar-refractivity contribution is 5.96. The molecule has 0 saturated carbocycles. The smallest absolute Gasteiger partial charge is 0.410 e. The number of carbonyl (C=O) groups is 8. The summed E-state index contributed by atoms with van der Waals surface area (Å²) in [6.07, 6.45) is 3.97. The van der Waals surface area contributed by atoms with Gasteiger partial charge in [-0.15, -0.1) is 0 Å². The molecule has 1 heterocycles. The van der Waals surface area contributed by atoms with Crippen molar-refractivity contribution in [2.24, 2.45) is 10.8 Å². The van der Waals surface area contributed by atoms with E-state index in [1.165, 1.54) is 29.5 Å². The molecule has 0 aromatic heterocycles. The molecule has 3 aromatic carbocycles. The lowest BCUT2D eigenvalue weighted by Gasteiger charge is -2.37. The van der Waals surface area contributed by atoms with E-state index in [0.717, 1.165) is 59.9 Å². The van der Waals surface area contributed by atoms with E-state index in [1.54, 1.807) is 81.1 Å². The van der Waals surface area contributed by atoms with Crippen molar-refractivity contribution in [2.45, 2.75) is 214 Å². The SMILES string of the molecule is C[C@@H](C(=O)N[C@H](C(=O)N[C@@H](Cc1ccc([C@H]2C[C@@H](C(=O)N[C@@H]3CCCc4ccccc43)N(C(=O)[C@@H](NC(=O)[C@H](C)N(C)C(=O)OC(C)(C)C)C(C)(C)C)C2)cc1)C(=O)N[C@@H]1CCCc2ccccc21)C(C)(C)C)N(C)C(=O)OC(C)(C)C. The lowest BCUT2D eigenvalue weighted by Crippen LogP contribution is -2.60. The molecule has 6 rings (SSSR count). The normalized spacial score (nSPS) is 20.0. The van der Waals surface area contributed by atoms with Crippen molar-refractivity contribution < 1.29 is 47.8 Å². The molecular formula is C64H92N8O10. The lowest BCUT2D eigenvalue weighted by molar-refractivity contribution is -0.144. The van der Waals surface area contributed by atoms with Gasteiger partial charge in [0.25, 0.3) is 0 Å². The van der Waals surface area contributed by atoms with E-state index in [2.05, 4.69) is 38.7 Å². The standard InChI is InChI=1S/C64H92N8O10/c1-38(70(15)59(79)81-63(9,10)11)53(73)68-51(61(3,4)5)57(77)67-49(55(75)65-47-29-21-25-42-23-17-19-27-45(42)47)35-40-31-33-41(34-32-40)44-36-50(56(76)66-48-30-22-26-43-24-18-20-28-46(43)48)72(37-44)58(78)52(62(6,7)8)69-54(74)39(2)71(16)60(80)82-64(12,13)14/h17-20,23-24,27-28,31-34,38-39,44,47-52H,21-22,25-26,29-30,35-37H2,1-16H3,(H,65,75)(H,66,76)(H,67,77)(H,68,73)(H,69,74)/t38-,39-,44-,47+,48+,49-,50-,51+,52+/m0/s1. The van der Waals surface area contributed by atoms with E-state index in [9.17, 15) is 33.6 Å². The first kappa shape index (κ1) is 64.2. The van der Waals surface area contributed by atoms with Gasteiger partial charge in [0.2, 0.25) is 35.4 Å². The zero-order valence-electron chi connectivity index (χ0n) is 51.4. The number of nitrogens with zero attached hydrogens (tertiary/aromatic N) is 3. The fraction of sp³-hybridized carbons (Fsp3) is 0.594. The van der Waals surface area contributed by atoms with Crippen LogP contribution in [0, 0.1) is 10.8 Å². The number of carbonyl (C=O) groups excluding carboxylic acids is 8. The van der Waals surface area contributed by atoms with Crippen LogP contribution in [0.5, 0.6) is 0 Å². The summed E-state index contributed by atoms with van der Waals surface area (Å²) < 4.78 is 11.0. The number of benzene rings is 3. The highest BCUT2D eigenvalue weighted by atomic mass is 16.6. The quantitative estimate of drug-likeness (QED) is 0.0922. The van der Waals surface area contributed by atoms with Crippen LogP contribution in [0.3, 0.4) is 0 Å². The first-order valence-corrected chi connectivity index (χ1v) is 29.1. The van der Waals surface area contributed by atoms with Gasteiger partial charge >= 0.3 is 12.2 Å². The second-order valence-corrected chi connectivity index (χ2v) is 26.9. The molecule has 1 fully saturated rings. The molecule has 9 atom stereocenters. The number of amides is 8. The summed E-state index contributed by atoms with van der Waals surface area (Å²) in [6, 6.07) is 16.9. The number of nitrogens with one attached hydrogen (secondary N) is 5. The Hall–Kier alpha value is -6.98. The summed E-state index contributed by atoms with van der Waals surface area (Å²) in [5.74, 6) is -3.18. The van der Waals surface area contributed by atoms with Gasteiger partial charge in [0.1, 0.15) is 47.5 Å². The third-order valence-corrected chi connectivity index (χ3v) is 15.9. The highest BCUT2D eigenvalue weighted by Crippen LogP contribution is 2.37. The van der Waals surface area contributed by atoms with Crippen molar-refractivity contribution in [3.63, 3.8) is 0 Å². The number of aryl methyl sites for hydroxylation is 2. The second kappa shape index (κ2) is 26.1. The Morgan fingerprint density at radius 3 is 1.49 bits per heavy atom. The fourth-order valence-electron chi connectivity index (χ4n) is 10.9. The van der Waals surface area contributed by atoms with Gasteiger partial charge in [-0.2, -0.15) is 0 Å². The van der Waals surface area contributed by atoms with Gasteiger partial charge in [-0.05, 0) is 145 Å². The van der Waals surface area contributed by atoms with Crippen molar-refractivity contribution in [2.75, 3.05) is 20.6 Å². The average molecular weight is 1130 g/mol. The summed E-state index contributed by atoms with van der Waals surface area (Å²) in [4.78, 5) is 117. The molecule has 82 heavy (non-hydrogen) atoms. The molecule has 18 heteroatoms. The second-order valence-electron chi connectivity index (χ2n) is 26.9. The maximum atomic E-state index is 15.2. The van der Waals surface area contributed by atoms with E-state index in [-0.39, 0.29) is 43.3 Å². The Morgan fingerprint density at radius 1 is 0.573 bits per heavy atom. The Bertz CT molecular complexity index is 2810. The van der Waals surface area contributed by atoms with E-state index in [1.807, 2.05) is 81.4 Å². The number of rotatable bonds is 16. The molecular weight excluding hydrogens is 1040 g/mol. The molecule has 448 valence electrons. The Balaban J connectivity index is 1.28. The molecule has 18 nitrogen and oxygen atoms in total. The summed E-state index contributed by atoms with van der Waals surface area (Å²) >= 11 is 0. The summed E-state index contributed by atoms with van der Waals surface area (Å²) in [7, 11) is 2.93. The summed E-state index contributed by atoms with van der Waals surface area (Å²) in [5.41, 5.74) is 2.70. The number of likely N-dealkylation sites (N-methyl/N-ethyl adjacent to an activating group) is 2. The van der Waals surface area contributed by atoms with E-state index < -0.39 is 100 Å². The predicted octanol–water partition coefficient (Wildman–Crippen LogP) is 8.36. The first-order valence-electron chi connectivity index (χ1n) is 29.1. The highest BCUT2D eigenvalue weighted by Gasteiger charge is 2.47.